The van der Waals surface area contributed by atoms with Crippen LogP contribution < -0.4 is 5.32 Å². The molecule has 3 atom stereocenters. The zero-order valence-electron chi connectivity index (χ0n) is 18.7. The Hall–Kier alpha value is -0.240. The van der Waals surface area contributed by atoms with E-state index in [1.165, 1.54) is 85.1 Å². The summed E-state index contributed by atoms with van der Waals surface area (Å²) in [6.45, 7) is 25.9. The van der Waals surface area contributed by atoms with Crippen LogP contribution in [0.15, 0.2) is 0 Å². The van der Waals surface area contributed by atoms with Gasteiger partial charge in [0.05, 0.1) is 6.17 Å². The third kappa shape index (κ3) is 2.83. The normalized spacial score (nSPS) is 44.1. The molecule has 0 radical (unpaired) electrons. The molecule has 0 spiro atoms. The maximum absolute atomic E-state index is 3.67. The van der Waals surface area contributed by atoms with Gasteiger partial charge in [-0.15, -0.1) is 0 Å². The van der Waals surface area contributed by atoms with E-state index in [-0.39, 0.29) is 0 Å². The summed E-state index contributed by atoms with van der Waals surface area (Å²) in [6, 6.07) is 1.40. The van der Waals surface area contributed by atoms with E-state index in [0.29, 0.717) is 29.1 Å². The van der Waals surface area contributed by atoms with Gasteiger partial charge in [0.1, 0.15) is 0 Å². The van der Waals surface area contributed by atoms with Gasteiger partial charge in [0.2, 0.25) is 0 Å². The highest BCUT2D eigenvalue weighted by Gasteiger charge is 2.67. The first-order chi connectivity index (χ1) is 13.5. The van der Waals surface area contributed by atoms with Gasteiger partial charge in [-0.3, -0.25) is 14.7 Å². The minimum atomic E-state index is 0.510. The molecule has 0 aromatic rings. The molecule has 0 aromatic carbocycles. The summed E-state index contributed by atoms with van der Waals surface area (Å²) >= 11 is 0. The van der Waals surface area contributed by atoms with Gasteiger partial charge in [0.25, 0.3) is 0 Å². The summed E-state index contributed by atoms with van der Waals surface area (Å²) in [6.07, 6.45) is 0.588. The summed E-state index contributed by atoms with van der Waals surface area (Å²) in [5.74, 6) is 0. The maximum Gasteiger partial charge on any atom is 0.0594 e. The summed E-state index contributed by atoms with van der Waals surface area (Å²) in [7, 11) is 0. The van der Waals surface area contributed by atoms with Gasteiger partial charge >= 0.3 is 0 Å². The topological polar surface area (TPSA) is 28.2 Å². The average molecular weight is 391 g/mol. The highest BCUT2D eigenvalue weighted by molar-refractivity contribution is 5.19. The number of nitrogens with zero attached hydrogens (tertiary/aromatic N) is 5. The number of likely N-dealkylation sites (N-methyl/N-ethyl adjacent to an activating group) is 1. The number of likely N-dealkylation sites (tertiary alicyclic amines) is 3. The first-order valence-electron chi connectivity index (χ1n) is 11.9. The van der Waals surface area contributed by atoms with Crippen LogP contribution in [0.1, 0.15) is 27.7 Å². The number of nitrogens with one attached hydrogen (secondary N) is 1. The summed E-state index contributed by atoms with van der Waals surface area (Å²) < 4.78 is 0. The second-order valence-corrected chi connectivity index (χ2v) is 10.5. The van der Waals surface area contributed by atoms with Crippen LogP contribution in [0.5, 0.6) is 0 Å². The standard InChI is InChI=1S/C22H42N6/c1-5-24-12-21-14-25(6-2)15-22(21,13-24)17-27(16-21)18(4)26-10-19-8-23-9-20(11-26)28(19)7-3/h18-20,23H,5-17H2,1-4H3. The van der Waals surface area contributed by atoms with Gasteiger partial charge in [-0.05, 0) is 26.6 Å². The van der Waals surface area contributed by atoms with Crippen molar-refractivity contribution in [2.45, 2.75) is 45.9 Å². The van der Waals surface area contributed by atoms with Crippen molar-refractivity contribution in [1.29, 1.82) is 0 Å². The Morgan fingerprint density at radius 1 is 0.750 bits per heavy atom. The van der Waals surface area contributed by atoms with E-state index in [1.54, 1.807) is 0 Å². The second-order valence-electron chi connectivity index (χ2n) is 10.5. The monoisotopic (exact) mass is 390 g/mol. The van der Waals surface area contributed by atoms with E-state index >= 15 is 0 Å². The molecule has 160 valence electrons. The molecule has 6 nitrogen and oxygen atoms in total. The Morgan fingerprint density at radius 2 is 1.25 bits per heavy atom. The van der Waals surface area contributed by atoms with Crippen LogP contribution in [0.4, 0.5) is 0 Å². The molecule has 0 amide bonds. The van der Waals surface area contributed by atoms with Crippen molar-refractivity contribution >= 4 is 0 Å². The van der Waals surface area contributed by atoms with Crippen molar-refractivity contribution in [3.05, 3.63) is 0 Å². The molecule has 0 saturated carbocycles. The van der Waals surface area contributed by atoms with Gasteiger partial charge < -0.3 is 15.1 Å². The van der Waals surface area contributed by atoms with Crippen molar-refractivity contribution in [3.63, 3.8) is 0 Å². The van der Waals surface area contributed by atoms with Gasteiger partial charge in [0, 0.05) is 88.4 Å². The molecule has 5 aliphatic heterocycles. The summed E-state index contributed by atoms with van der Waals surface area (Å²) in [5.41, 5.74) is 1.02. The first-order valence-corrected chi connectivity index (χ1v) is 11.9. The molecule has 5 saturated heterocycles. The summed E-state index contributed by atoms with van der Waals surface area (Å²) in [4.78, 5) is 13.9. The fourth-order valence-electron chi connectivity index (χ4n) is 7.63. The number of piperazine rings is 2. The molecule has 28 heavy (non-hydrogen) atoms. The predicted octanol–water partition coefficient (Wildman–Crippen LogP) is 0.270. The fraction of sp³-hybridized carbons (Fsp3) is 1.00. The minimum absolute atomic E-state index is 0.510. The quantitative estimate of drug-likeness (QED) is 0.725. The van der Waals surface area contributed by atoms with Gasteiger partial charge in [-0.2, -0.15) is 0 Å². The molecule has 5 aliphatic rings. The van der Waals surface area contributed by atoms with Crippen LogP contribution in [-0.4, -0.2) is 128 Å². The molecule has 3 unspecified atom stereocenters. The van der Waals surface area contributed by atoms with E-state index in [0.717, 1.165) is 0 Å². The molecule has 5 rings (SSSR count). The number of fused-ring (bicyclic) bond motifs is 2. The van der Waals surface area contributed by atoms with Crippen LogP contribution in [0.3, 0.4) is 0 Å². The largest absolute Gasteiger partial charge is 0.314 e. The van der Waals surface area contributed by atoms with Crippen molar-refractivity contribution in [3.8, 4) is 0 Å². The third-order valence-electron chi connectivity index (χ3n) is 9.15. The molecule has 0 aliphatic carbocycles. The zero-order valence-corrected chi connectivity index (χ0v) is 18.7. The lowest BCUT2D eigenvalue weighted by Gasteiger charge is -2.52. The van der Waals surface area contributed by atoms with Crippen LogP contribution in [0.2, 0.25) is 0 Å². The van der Waals surface area contributed by atoms with Gasteiger partial charge in [0.15, 0.2) is 0 Å². The second kappa shape index (κ2) is 7.17. The molecular formula is C22H42N6. The molecule has 1 N–H and O–H groups in total. The minimum Gasteiger partial charge on any atom is -0.314 e. The third-order valence-corrected chi connectivity index (χ3v) is 9.15. The van der Waals surface area contributed by atoms with Crippen LogP contribution in [0, 0.1) is 10.8 Å². The molecular weight excluding hydrogens is 348 g/mol. The number of hydrogen-bond acceptors (Lipinski definition) is 6. The van der Waals surface area contributed by atoms with Crippen LogP contribution >= 0.6 is 0 Å². The maximum atomic E-state index is 3.67. The van der Waals surface area contributed by atoms with Crippen molar-refractivity contribution in [2.75, 3.05) is 85.1 Å². The van der Waals surface area contributed by atoms with E-state index in [1.807, 2.05) is 0 Å². The Kier molecular flexibility index (Phi) is 5.05. The molecule has 0 aromatic heterocycles. The van der Waals surface area contributed by atoms with Crippen molar-refractivity contribution in [2.24, 2.45) is 10.8 Å². The van der Waals surface area contributed by atoms with Gasteiger partial charge in [-0.25, -0.2) is 0 Å². The SMILES string of the molecule is CCN1CC23CN(CC)CC2(C1)CN(C(C)N1CC2CNCC(C1)N2CC)C3. The van der Waals surface area contributed by atoms with Crippen molar-refractivity contribution < 1.29 is 0 Å². The first kappa shape index (κ1) is 19.7. The number of rotatable bonds is 5. The molecule has 5 heterocycles. The van der Waals surface area contributed by atoms with Crippen LogP contribution in [-0.2, 0) is 0 Å². The van der Waals surface area contributed by atoms with E-state index < -0.39 is 0 Å². The van der Waals surface area contributed by atoms with Crippen molar-refractivity contribution in [1.82, 2.24) is 29.8 Å². The van der Waals surface area contributed by atoms with E-state index in [2.05, 4.69) is 57.5 Å². The van der Waals surface area contributed by atoms with E-state index in [9.17, 15) is 0 Å². The van der Waals surface area contributed by atoms with Crippen LogP contribution in [0.25, 0.3) is 0 Å². The molecule has 2 bridgehead atoms. The lowest BCUT2D eigenvalue weighted by molar-refractivity contribution is -0.0485. The predicted molar refractivity (Wildman–Crippen MR) is 115 cm³/mol. The Morgan fingerprint density at radius 3 is 1.68 bits per heavy atom. The average Bonchev–Trinajstić information content (AvgIpc) is 3.23. The van der Waals surface area contributed by atoms with E-state index in [4.69, 9.17) is 0 Å². The Bertz CT molecular complexity index is 527. The summed E-state index contributed by atoms with van der Waals surface area (Å²) in [5, 5.41) is 3.67. The fourth-order valence-corrected chi connectivity index (χ4v) is 7.63. The Labute approximate surface area is 172 Å². The number of hydrogen-bond donors (Lipinski definition) is 1. The Balaban J connectivity index is 1.31. The molecule has 5 fully saturated rings. The highest BCUT2D eigenvalue weighted by atomic mass is 15.4. The molecule has 6 heteroatoms. The highest BCUT2D eigenvalue weighted by Crippen LogP contribution is 2.57. The lowest BCUT2D eigenvalue weighted by atomic mass is 9.71. The zero-order chi connectivity index (χ0) is 19.5. The lowest BCUT2D eigenvalue weighted by Crippen LogP contribution is -2.69. The smallest absolute Gasteiger partial charge is 0.0594 e. The van der Waals surface area contributed by atoms with Gasteiger partial charge in [-0.1, -0.05) is 20.8 Å².